The van der Waals surface area contributed by atoms with Crippen LogP contribution >= 0.6 is 23.2 Å². The summed E-state index contributed by atoms with van der Waals surface area (Å²) < 4.78 is 27.0. The van der Waals surface area contributed by atoms with Crippen molar-refractivity contribution < 1.29 is 18.0 Å². The molecule has 0 aliphatic heterocycles. The van der Waals surface area contributed by atoms with Crippen LogP contribution in [0.15, 0.2) is 72.8 Å². The van der Waals surface area contributed by atoms with Gasteiger partial charge in [0.15, 0.2) is 0 Å². The third-order valence-corrected chi connectivity index (χ3v) is 8.14. The largest absolute Gasteiger partial charge is 0.355 e. The number of nitrogens with zero attached hydrogens (tertiary/aromatic N) is 2. The molecule has 0 spiro atoms. The second kappa shape index (κ2) is 13.8. The maximum absolute atomic E-state index is 14.1. The molecule has 0 aliphatic rings. The molecule has 0 fully saturated rings. The number of anilines is 1. The Morgan fingerprint density at radius 2 is 1.56 bits per heavy atom. The Morgan fingerprint density at radius 1 is 0.897 bits per heavy atom. The molecular weight excluding hydrogens is 557 g/mol. The minimum atomic E-state index is -3.83. The van der Waals surface area contributed by atoms with Crippen LogP contribution in [0.25, 0.3) is 0 Å². The van der Waals surface area contributed by atoms with E-state index in [1.54, 1.807) is 37.3 Å². The molecule has 39 heavy (non-hydrogen) atoms. The van der Waals surface area contributed by atoms with E-state index < -0.39 is 28.5 Å². The molecule has 0 saturated carbocycles. The van der Waals surface area contributed by atoms with Gasteiger partial charge < -0.3 is 10.2 Å². The Bertz CT molecular complexity index is 1400. The number of rotatable bonds is 12. The molecule has 0 aromatic heterocycles. The van der Waals surface area contributed by atoms with Gasteiger partial charge in [0.25, 0.3) is 0 Å². The van der Waals surface area contributed by atoms with Crippen molar-refractivity contribution in [3.63, 3.8) is 0 Å². The number of amides is 2. The lowest BCUT2D eigenvalue weighted by Gasteiger charge is -2.34. The number of aryl methyl sites for hydroxylation is 1. The van der Waals surface area contributed by atoms with E-state index >= 15 is 0 Å². The summed E-state index contributed by atoms with van der Waals surface area (Å²) in [4.78, 5) is 28.8. The summed E-state index contributed by atoms with van der Waals surface area (Å²) in [5, 5.41) is 3.51. The van der Waals surface area contributed by atoms with E-state index in [-0.39, 0.29) is 18.9 Å². The van der Waals surface area contributed by atoms with Gasteiger partial charge in [-0.3, -0.25) is 13.9 Å². The highest BCUT2D eigenvalue weighted by atomic mass is 35.5. The zero-order valence-corrected chi connectivity index (χ0v) is 24.6. The van der Waals surface area contributed by atoms with Crippen molar-refractivity contribution in [2.75, 3.05) is 23.7 Å². The Balaban J connectivity index is 2.08. The maximum atomic E-state index is 14.1. The van der Waals surface area contributed by atoms with Crippen LogP contribution < -0.4 is 9.62 Å². The highest BCUT2D eigenvalue weighted by Crippen LogP contribution is 2.26. The van der Waals surface area contributed by atoms with E-state index in [9.17, 15) is 18.0 Å². The summed E-state index contributed by atoms with van der Waals surface area (Å²) in [6.45, 7) is 3.65. The smallest absolute Gasteiger partial charge is 0.244 e. The summed E-state index contributed by atoms with van der Waals surface area (Å²) in [7, 11) is -3.83. The summed E-state index contributed by atoms with van der Waals surface area (Å²) in [5.74, 6) is -0.862. The van der Waals surface area contributed by atoms with Crippen LogP contribution in [0, 0.1) is 0 Å². The fourth-order valence-corrected chi connectivity index (χ4v) is 5.53. The summed E-state index contributed by atoms with van der Waals surface area (Å²) in [5.41, 5.74) is 2.73. The van der Waals surface area contributed by atoms with E-state index in [0.29, 0.717) is 34.3 Å². The molecular formula is C29H33Cl2N3O4S. The molecule has 7 nitrogen and oxygen atoms in total. The van der Waals surface area contributed by atoms with Crippen LogP contribution in [0.1, 0.15) is 30.5 Å². The van der Waals surface area contributed by atoms with E-state index in [0.717, 1.165) is 21.7 Å². The molecule has 0 bridgehead atoms. The predicted molar refractivity (Wildman–Crippen MR) is 158 cm³/mol. The highest BCUT2D eigenvalue weighted by molar-refractivity contribution is 7.92. The molecule has 10 heteroatoms. The van der Waals surface area contributed by atoms with Gasteiger partial charge in [-0.2, -0.15) is 0 Å². The van der Waals surface area contributed by atoms with Crippen molar-refractivity contribution in [1.82, 2.24) is 10.2 Å². The number of likely N-dealkylation sites (N-methyl/N-ethyl adjacent to an activating group) is 1. The quantitative estimate of drug-likeness (QED) is 0.318. The molecule has 0 aliphatic carbocycles. The molecule has 0 saturated heterocycles. The minimum Gasteiger partial charge on any atom is -0.355 e. The lowest BCUT2D eigenvalue weighted by atomic mass is 10.0. The van der Waals surface area contributed by atoms with Gasteiger partial charge in [-0.1, -0.05) is 84.7 Å². The standard InChI is InChI=1S/C29H33Cl2N3O4S/c1-4-23-13-9-10-14-26(23)34(39(3,37)38)20-28(35)33(19-22-15-16-24(30)25(31)17-22)27(29(36)32-5-2)18-21-11-7-6-8-12-21/h6-17,27H,4-5,18-20H2,1-3H3,(H,32,36). The van der Waals surface area contributed by atoms with Gasteiger partial charge in [-0.15, -0.1) is 0 Å². The van der Waals surface area contributed by atoms with Crippen molar-refractivity contribution >= 4 is 50.7 Å². The highest BCUT2D eigenvalue weighted by Gasteiger charge is 2.33. The zero-order valence-electron chi connectivity index (χ0n) is 22.2. The van der Waals surface area contributed by atoms with Crippen LogP contribution in [0.5, 0.6) is 0 Å². The van der Waals surface area contributed by atoms with Gasteiger partial charge in [0.05, 0.1) is 22.0 Å². The number of carbonyl (C=O) groups is 2. The third kappa shape index (κ3) is 8.21. The van der Waals surface area contributed by atoms with Crippen molar-refractivity contribution in [3.05, 3.63) is 99.5 Å². The molecule has 1 unspecified atom stereocenters. The van der Waals surface area contributed by atoms with E-state index in [4.69, 9.17) is 23.2 Å². The number of hydrogen-bond donors (Lipinski definition) is 1. The Morgan fingerprint density at radius 3 is 2.18 bits per heavy atom. The molecule has 3 aromatic rings. The first-order valence-electron chi connectivity index (χ1n) is 12.7. The van der Waals surface area contributed by atoms with Crippen LogP contribution in [-0.2, 0) is 39.0 Å². The first-order valence-corrected chi connectivity index (χ1v) is 15.3. The molecule has 1 N–H and O–H groups in total. The lowest BCUT2D eigenvalue weighted by molar-refractivity contribution is -0.140. The topological polar surface area (TPSA) is 86.8 Å². The molecule has 0 radical (unpaired) electrons. The van der Waals surface area contributed by atoms with Gasteiger partial charge in [0, 0.05) is 19.5 Å². The Hall–Kier alpha value is -3.07. The van der Waals surface area contributed by atoms with Crippen LogP contribution in [0.2, 0.25) is 10.0 Å². The maximum Gasteiger partial charge on any atom is 0.244 e. The molecule has 208 valence electrons. The number of para-hydroxylation sites is 1. The average Bonchev–Trinajstić information content (AvgIpc) is 2.91. The van der Waals surface area contributed by atoms with Gasteiger partial charge >= 0.3 is 0 Å². The second-order valence-electron chi connectivity index (χ2n) is 9.12. The molecule has 3 rings (SSSR count). The SMILES string of the molecule is CCNC(=O)C(Cc1ccccc1)N(Cc1ccc(Cl)c(Cl)c1)C(=O)CN(c1ccccc1CC)S(C)(=O)=O. The minimum absolute atomic E-state index is 0.0252. The second-order valence-corrected chi connectivity index (χ2v) is 11.8. The van der Waals surface area contributed by atoms with E-state index in [1.165, 1.54) is 4.90 Å². The summed E-state index contributed by atoms with van der Waals surface area (Å²) >= 11 is 12.4. The number of nitrogens with one attached hydrogen (secondary N) is 1. The normalized spacial score (nSPS) is 12.0. The lowest BCUT2D eigenvalue weighted by Crippen LogP contribution is -2.53. The molecule has 0 heterocycles. The van der Waals surface area contributed by atoms with Crippen LogP contribution in [0.3, 0.4) is 0 Å². The van der Waals surface area contributed by atoms with Gasteiger partial charge in [0.2, 0.25) is 21.8 Å². The summed E-state index contributed by atoms with van der Waals surface area (Å²) in [6.07, 6.45) is 1.89. The van der Waals surface area contributed by atoms with Crippen molar-refractivity contribution in [2.24, 2.45) is 0 Å². The van der Waals surface area contributed by atoms with Crippen molar-refractivity contribution in [3.8, 4) is 0 Å². The summed E-state index contributed by atoms with van der Waals surface area (Å²) in [6, 6.07) is 20.5. The van der Waals surface area contributed by atoms with Gasteiger partial charge in [-0.25, -0.2) is 8.42 Å². The number of hydrogen-bond acceptors (Lipinski definition) is 4. The van der Waals surface area contributed by atoms with Crippen molar-refractivity contribution in [2.45, 2.75) is 39.3 Å². The first kappa shape index (κ1) is 30.5. The van der Waals surface area contributed by atoms with E-state index in [2.05, 4.69) is 5.32 Å². The Labute approximate surface area is 240 Å². The zero-order chi connectivity index (χ0) is 28.6. The molecule has 1 atom stereocenters. The van der Waals surface area contributed by atoms with Gasteiger partial charge in [-0.05, 0) is 48.2 Å². The third-order valence-electron chi connectivity index (χ3n) is 6.28. The fourth-order valence-electron chi connectivity index (χ4n) is 4.33. The number of carbonyl (C=O) groups excluding carboxylic acids is 2. The molecule has 3 aromatic carbocycles. The van der Waals surface area contributed by atoms with Crippen LogP contribution in [-0.4, -0.2) is 50.5 Å². The first-order chi connectivity index (χ1) is 18.5. The van der Waals surface area contributed by atoms with Gasteiger partial charge in [0.1, 0.15) is 12.6 Å². The monoisotopic (exact) mass is 589 g/mol. The average molecular weight is 591 g/mol. The Kier molecular flexibility index (Phi) is 10.8. The van der Waals surface area contributed by atoms with Crippen molar-refractivity contribution in [1.29, 1.82) is 0 Å². The van der Waals surface area contributed by atoms with E-state index in [1.807, 2.05) is 49.4 Å². The fraction of sp³-hybridized carbons (Fsp3) is 0.310. The number of halogens is 2. The molecule has 2 amide bonds. The van der Waals surface area contributed by atoms with Crippen LogP contribution in [0.4, 0.5) is 5.69 Å². The number of benzene rings is 3. The number of sulfonamides is 1. The predicted octanol–water partition coefficient (Wildman–Crippen LogP) is 5.10.